The van der Waals surface area contributed by atoms with Gasteiger partial charge in [0.25, 0.3) is 0 Å². The second kappa shape index (κ2) is 4.23. The molecule has 0 spiro atoms. The molecule has 13 heavy (non-hydrogen) atoms. The first-order valence-electron chi connectivity index (χ1n) is 4.54. The normalized spacial score (nSPS) is 10.4. The lowest BCUT2D eigenvalue weighted by atomic mass is 10.1. The van der Waals surface area contributed by atoms with E-state index in [9.17, 15) is 4.79 Å². The summed E-state index contributed by atoms with van der Waals surface area (Å²) in [5, 5.41) is 0. The highest BCUT2D eigenvalue weighted by Gasteiger charge is 2.10. The summed E-state index contributed by atoms with van der Waals surface area (Å²) >= 11 is 0. The molecular weight excluding hydrogens is 164 g/mol. The highest BCUT2D eigenvalue weighted by atomic mass is 16.1. The van der Waals surface area contributed by atoms with Gasteiger partial charge < -0.3 is 10.7 Å². The zero-order chi connectivity index (χ0) is 9.84. The highest BCUT2D eigenvalue weighted by molar-refractivity contribution is 5.97. The number of Topliss-reactive ketones (excluding diaryl/α,β-unsaturated/α-hetero) is 1. The van der Waals surface area contributed by atoms with Gasteiger partial charge in [0.05, 0.1) is 0 Å². The van der Waals surface area contributed by atoms with Crippen LogP contribution in [-0.2, 0) is 0 Å². The van der Waals surface area contributed by atoms with Crippen molar-refractivity contribution in [3.05, 3.63) is 23.0 Å². The van der Waals surface area contributed by atoms with Crippen LogP contribution < -0.4 is 5.73 Å². The Bertz CT molecular complexity index is 302. The third-order valence-corrected chi connectivity index (χ3v) is 2.06. The van der Waals surface area contributed by atoms with Crippen LogP contribution in [0.1, 0.15) is 34.6 Å². The molecule has 1 aromatic heterocycles. The van der Waals surface area contributed by atoms with Crippen molar-refractivity contribution in [3.63, 3.8) is 0 Å². The maximum Gasteiger partial charge on any atom is 0.164 e. The molecule has 0 aliphatic rings. The molecule has 0 aliphatic heterocycles. The molecule has 0 fully saturated rings. The molecular formula is C10H16N2O. The molecule has 0 amide bonds. The topological polar surface area (TPSA) is 58.9 Å². The standard InChI is InChI=1S/C10H16N2O/c1-7-6-9(8(2)12-7)10(13)4-3-5-11/h6,12H,3-5,11H2,1-2H3. The van der Waals surface area contributed by atoms with Crippen LogP contribution in [0.4, 0.5) is 0 Å². The van der Waals surface area contributed by atoms with Crippen molar-refractivity contribution < 1.29 is 4.79 Å². The van der Waals surface area contributed by atoms with Gasteiger partial charge in [-0.05, 0) is 32.9 Å². The van der Waals surface area contributed by atoms with Crippen molar-refractivity contribution in [1.82, 2.24) is 4.98 Å². The summed E-state index contributed by atoms with van der Waals surface area (Å²) in [6, 6.07) is 1.90. The van der Waals surface area contributed by atoms with Gasteiger partial charge in [-0.2, -0.15) is 0 Å². The van der Waals surface area contributed by atoms with E-state index < -0.39 is 0 Å². The first-order chi connectivity index (χ1) is 6.15. The molecule has 0 radical (unpaired) electrons. The molecule has 72 valence electrons. The van der Waals surface area contributed by atoms with Crippen LogP contribution in [0.15, 0.2) is 6.07 Å². The third kappa shape index (κ3) is 2.42. The Balaban J connectivity index is 2.70. The summed E-state index contributed by atoms with van der Waals surface area (Å²) in [6.45, 7) is 4.45. The summed E-state index contributed by atoms with van der Waals surface area (Å²) in [6.07, 6.45) is 1.32. The minimum absolute atomic E-state index is 0.187. The molecule has 0 saturated heterocycles. The number of hydrogen-bond acceptors (Lipinski definition) is 2. The molecule has 0 aromatic carbocycles. The quantitative estimate of drug-likeness (QED) is 0.691. The van der Waals surface area contributed by atoms with E-state index in [4.69, 9.17) is 5.73 Å². The number of carbonyl (C=O) groups is 1. The van der Waals surface area contributed by atoms with Crippen LogP contribution in [0.25, 0.3) is 0 Å². The maximum atomic E-state index is 11.6. The van der Waals surface area contributed by atoms with Gasteiger partial charge in [0.2, 0.25) is 0 Å². The molecule has 1 rings (SSSR count). The largest absolute Gasteiger partial charge is 0.362 e. The van der Waals surface area contributed by atoms with E-state index in [0.717, 1.165) is 23.4 Å². The van der Waals surface area contributed by atoms with Crippen LogP contribution in [0.5, 0.6) is 0 Å². The van der Waals surface area contributed by atoms with Gasteiger partial charge >= 0.3 is 0 Å². The average Bonchev–Trinajstić information content (AvgIpc) is 2.41. The van der Waals surface area contributed by atoms with Crippen molar-refractivity contribution in [2.45, 2.75) is 26.7 Å². The van der Waals surface area contributed by atoms with Gasteiger partial charge in [-0.25, -0.2) is 0 Å². The molecule has 0 saturated carbocycles. The smallest absolute Gasteiger partial charge is 0.164 e. The van der Waals surface area contributed by atoms with Crippen molar-refractivity contribution in [2.24, 2.45) is 5.73 Å². The predicted octanol–water partition coefficient (Wildman–Crippen LogP) is 1.55. The number of hydrogen-bond donors (Lipinski definition) is 2. The maximum absolute atomic E-state index is 11.6. The van der Waals surface area contributed by atoms with Crippen molar-refractivity contribution in [1.29, 1.82) is 0 Å². The van der Waals surface area contributed by atoms with E-state index in [2.05, 4.69) is 4.98 Å². The van der Waals surface area contributed by atoms with Gasteiger partial charge in [0, 0.05) is 23.4 Å². The number of H-pyrrole nitrogens is 1. The van der Waals surface area contributed by atoms with E-state index in [0.29, 0.717) is 13.0 Å². The Kier molecular flexibility index (Phi) is 3.25. The van der Waals surface area contributed by atoms with Crippen molar-refractivity contribution in [2.75, 3.05) is 6.54 Å². The molecule has 1 aromatic rings. The van der Waals surface area contributed by atoms with Crippen LogP contribution in [-0.4, -0.2) is 17.3 Å². The molecule has 3 N–H and O–H groups in total. The highest BCUT2D eigenvalue weighted by Crippen LogP contribution is 2.12. The fraction of sp³-hybridized carbons (Fsp3) is 0.500. The number of aromatic amines is 1. The number of aromatic nitrogens is 1. The van der Waals surface area contributed by atoms with Crippen LogP contribution in [0, 0.1) is 13.8 Å². The Morgan fingerprint density at radius 2 is 2.23 bits per heavy atom. The average molecular weight is 180 g/mol. The SMILES string of the molecule is Cc1cc(C(=O)CCCN)c(C)[nH]1. The monoisotopic (exact) mass is 180 g/mol. The Labute approximate surface area is 78.3 Å². The number of nitrogens with one attached hydrogen (secondary N) is 1. The van der Waals surface area contributed by atoms with Crippen LogP contribution in [0.2, 0.25) is 0 Å². The molecule has 0 bridgehead atoms. The number of rotatable bonds is 4. The zero-order valence-electron chi connectivity index (χ0n) is 8.18. The summed E-state index contributed by atoms with van der Waals surface area (Å²) in [5.74, 6) is 0.187. The van der Waals surface area contributed by atoms with E-state index in [1.54, 1.807) is 0 Å². The van der Waals surface area contributed by atoms with Crippen molar-refractivity contribution >= 4 is 5.78 Å². The fourth-order valence-electron chi connectivity index (χ4n) is 1.41. The Morgan fingerprint density at radius 1 is 1.54 bits per heavy atom. The van der Waals surface area contributed by atoms with E-state index in [1.807, 2.05) is 19.9 Å². The molecule has 3 nitrogen and oxygen atoms in total. The fourth-order valence-corrected chi connectivity index (χ4v) is 1.41. The first-order valence-corrected chi connectivity index (χ1v) is 4.54. The summed E-state index contributed by atoms with van der Waals surface area (Å²) < 4.78 is 0. The summed E-state index contributed by atoms with van der Waals surface area (Å²) in [7, 11) is 0. The molecule has 0 unspecified atom stereocenters. The van der Waals surface area contributed by atoms with Gasteiger partial charge in [-0.15, -0.1) is 0 Å². The van der Waals surface area contributed by atoms with Crippen molar-refractivity contribution in [3.8, 4) is 0 Å². The number of carbonyl (C=O) groups excluding carboxylic acids is 1. The van der Waals surface area contributed by atoms with E-state index in [1.165, 1.54) is 0 Å². The number of nitrogens with two attached hydrogens (primary N) is 1. The van der Waals surface area contributed by atoms with Crippen LogP contribution in [0.3, 0.4) is 0 Å². The second-order valence-corrected chi connectivity index (χ2v) is 3.31. The first kappa shape index (κ1) is 9.99. The zero-order valence-corrected chi connectivity index (χ0v) is 8.18. The van der Waals surface area contributed by atoms with Gasteiger partial charge in [0.1, 0.15) is 0 Å². The number of aryl methyl sites for hydroxylation is 2. The Morgan fingerprint density at radius 3 is 2.69 bits per heavy atom. The summed E-state index contributed by atoms with van der Waals surface area (Å²) in [4.78, 5) is 14.7. The lowest BCUT2D eigenvalue weighted by Crippen LogP contribution is -2.05. The van der Waals surface area contributed by atoms with E-state index >= 15 is 0 Å². The lowest BCUT2D eigenvalue weighted by Gasteiger charge is -1.97. The van der Waals surface area contributed by atoms with E-state index in [-0.39, 0.29) is 5.78 Å². The molecule has 3 heteroatoms. The van der Waals surface area contributed by atoms with Gasteiger partial charge in [0.15, 0.2) is 5.78 Å². The molecule has 0 aliphatic carbocycles. The van der Waals surface area contributed by atoms with Crippen LogP contribution >= 0.6 is 0 Å². The third-order valence-electron chi connectivity index (χ3n) is 2.06. The van der Waals surface area contributed by atoms with Gasteiger partial charge in [-0.3, -0.25) is 4.79 Å². The molecule has 0 atom stereocenters. The molecule has 1 heterocycles. The predicted molar refractivity (Wildman–Crippen MR) is 52.9 cm³/mol. The Hall–Kier alpha value is -1.09. The second-order valence-electron chi connectivity index (χ2n) is 3.31. The minimum atomic E-state index is 0.187. The number of ketones is 1. The van der Waals surface area contributed by atoms with Gasteiger partial charge in [-0.1, -0.05) is 0 Å². The minimum Gasteiger partial charge on any atom is -0.362 e. The lowest BCUT2D eigenvalue weighted by molar-refractivity contribution is 0.0980. The summed E-state index contributed by atoms with van der Waals surface area (Å²) in [5.41, 5.74) is 8.14.